The van der Waals surface area contributed by atoms with Crippen LogP contribution in [0.15, 0.2) is 0 Å². The van der Waals surface area contributed by atoms with Crippen LogP contribution in [0.3, 0.4) is 0 Å². The summed E-state index contributed by atoms with van der Waals surface area (Å²) in [5.74, 6) is -1.19. The molecule has 0 unspecified atom stereocenters. The van der Waals surface area contributed by atoms with Crippen LogP contribution in [0.2, 0.25) is 0 Å². The van der Waals surface area contributed by atoms with Gasteiger partial charge in [-0.2, -0.15) is 0 Å². The van der Waals surface area contributed by atoms with Gasteiger partial charge < -0.3 is 9.90 Å². The van der Waals surface area contributed by atoms with E-state index in [0.29, 0.717) is 12.1 Å². The van der Waals surface area contributed by atoms with Gasteiger partial charge in [0, 0.05) is 0 Å². The number of aromatic carboxylic acids is 1. The Hall–Kier alpha value is 0.0300. The van der Waals surface area contributed by atoms with Crippen molar-refractivity contribution in [1.29, 1.82) is 0 Å². The Morgan fingerprint density at radius 2 is 2.36 bits per heavy atom. The van der Waals surface area contributed by atoms with E-state index in [9.17, 15) is 9.90 Å². The molecule has 0 fully saturated rings. The zero-order valence-electron chi connectivity index (χ0n) is 6.33. The zero-order valence-corrected chi connectivity index (χ0v) is 9.14. The maximum atomic E-state index is 10.3. The Balaban J connectivity index is 0.000001000. The fraction of sp³-hybridized carbons (Fsp3) is 0.400. The van der Waals surface area contributed by atoms with Crippen LogP contribution in [0.5, 0.6) is 0 Å². The van der Waals surface area contributed by atoms with Gasteiger partial charge in [-0.3, -0.25) is 0 Å². The summed E-state index contributed by atoms with van der Waals surface area (Å²) in [6.07, 6.45) is 0.583. The van der Waals surface area contributed by atoms with E-state index in [1.807, 2.05) is 6.92 Å². The van der Waals surface area contributed by atoms with Crippen LogP contribution in [0.25, 0.3) is 0 Å². The Kier molecular flexibility index (Phi) is 4.83. The third-order valence-electron chi connectivity index (χ3n) is 1.08. The summed E-state index contributed by atoms with van der Waals surface area (Å²) in [4.78, 5) is 10.4. The number of aromatic nitrogens is 2. The predicted molar refractivity (Wildman–Crippen MR) is 33.6 cm³/mol. The molecule has 0 bridgehead atoms. The number of carbonyl (C=O) groups is 1. The molecule has 1 rings (SSSR count). The molecule has 0 spiro atoms. The van der Waals surface area contributed by atoms with Crippen molar-refractivity contribution in [3.05, 3.63) is 10.6 Å². The number of carboxylic acid groups (broad SMARTS) is 1. The van der Waals surface area contributed by atoms with Crippen molar-refractivity contribution < 1.29 is 39.5 Å². The van der Waals surface area contributed by atoms with E-state index in [2.05, 4.69) is 9.59 Å². The van der Waals surface area contributed by atoms with E-state index in [1.165, 1.54) is 0 Å². The van der Waals surface area contributed by atoms with E-state index in [4.69, 9.17) is 0 Å². The normalized spacial score (nSPS) is 8.82. The summed E-state index contributed by atoms with van der Waals surface area (Å²) < 4.78 is 3.49. The smallest absolute Gasteiger partial charge is 0.544 e. The molecule has 0 aliphatic carbocycles. The van der Waals surface area contributed by atoms with Gasteiger partial charge >= 0.3 is 29.6 Å². The van der Waals surface area contributed by atoms with Crippen molar-refractivity contribution in [2.24, 2.45) is 0 Å². The van der Waals surface area contributed by atoms with Gasteiger partial charge in [0.1, 0.15) is 0 Å². The monoisotopic (exact) mass is 180 g/mol. The van der Waals surface area contributed by atoms with E-state index < -0.39 is 5.97 Å². The molecular weight excluding hydrogens is 175 g/mol. The topological polar surface area (TPSA) is 65.9 Å². The largest absolute Gasteiger partial charge is 1.00 e. The Morgan fingerprint density at radius 1 is 1.73 bits per heavy atom. The average molecular weight is 180 g/mol. The van der Waals surface area contributed by atoms with Crippen molar-refractivity contribution in [1.82, 2.24) is 9.59 Å². The fourth-order valence-electron chi connectivity index (χ4n) is 0.595. The summed E-state index contributed by atoms with van der Waals surface area (Å²) >= 11 is 0.859. The molecule has 0 aliphatic heterocycles. The van der Waals surface area contributed by atoms with Crippen LogP contribution < -0.4 is 34.7 Å². The Morgan fingerprint density at radius 3 is 2.73 bits per heavy atom. The number of rotatable bonds is 2. The molecule has 0 aromatic carbocycles. The summed E-state index contributed by atoms with van der Waals surface area (Å²) in [6.45, 7) is 1.82. The standard InChI is InChI=1S/C5H6N2O2S.Na/c1-2-3-4(5(8)9)10-7-6-3;/h2H2,1H3,(H,8,9);/q;+1/p-1. The fourth-order valence-corrected chi connectivity index (χ4v) is 1.18. The number of hydrogen-bond donors (Lipinski definition) is 0. The van der Waals surface area contributed by atoms with Crippen molar-refractivity contribution in [3.63, 3.8) is 0 Å². The van der Waals surface area contributed by atoms with Crippen molar-refractivity contribution in [2.45, 2.75) is 13.3 Å². The maximum Gasteiger partial charge on any atom is 1.00 e. The minimum atomic E-state index is -1.19. The second-order valence-electron chi connectivity index (χ2n) is 1.69. The predicted octanol–water partition coefficient (Wildman–Crippen LogP) is -3.53. The molecule has 4 nitrogen and oxygen atoms in total. The maximum absolute atomic E-state index is 10.3. The van der Waals surface area contributed by atoms with Crippen LogP contribution >= 0.6 is 11.5 Å². The second-order valence-corrected chi connectivity index (χ2v) is 2.44. The Labute approximate surface area is 90.1 Å². The number of carbonyl (C=O) groups excluding carboxylic acids is 1. The van der Waals surface area contributed by atoms with Gasteiger partial charge in [-0.05, 0) is 18.0 Å². The first-order valence-corrected chi connectivity index (χ1v) is 3.55. The third kappa shape index (κ3) is 2.52. The minimum Gasteiger partial charge on any atom is -0.544 e. The summed E-state index contributed by atoms with van der Waals surface area (Å²) in [5, 5.41) is 13.9. The van der Waals surface area contributed by atoms with Gasteiger partial charge in [0.25, 0.3) is 0 Å². The van der Waals surface area contributed by atoms with E-state index >= 15 is 0 Å². The van der Waals surface area contributed by atoms with Gasteiger partial charge in [0.2, 0.25) is 0 Å². The first-order valence-electron chi connectivity index (χ1n) is 2.78. The molecule has 1 aromatic rings. The molecule has 0 saturated carbocycles. The first kappa shape index (κ1) is 11.0. The quantitative estimate of drug-likeness (QED) is 0.442. The molecule has 6 heteroatoms. The van der Waals surface area contributed by atoms with Gasteiger partial charge in [0.05, 0.1) is 16.5 Å². The second kappa shape index (κ2) is 4.82. The number of nitrogens with zero attached hydrogens (tertiary/aromatic N) is 2. The summed E-state index contributed by atoms with van der Waals surface area (Å²) in [5.41, 5.74) is 0.505. The van der Waals surface area contributed by atoms with Gasteiger partial charge in [0.15, 0.2) is 0 Å². The van der Waals surface area contributed by atoms with Crippen LogP contribution in [0.1, 0.15) is 22.3 Å². The van der Waals surface area contributed by atoms with E-state index in [1.54, 1.807) is 0 Å². The number of carboxylic acids is 1. The summed E-state index contributed by atoms with van der Waals surface area (Å²) in [7, 11) is 0. The molecule has 11 heavy (non-hydrogen) atoms. The Bertz CT molecular complexity index is 250. The van der Waals surface area contributed by atoms with Crippen LogP contribution in [0, 0.1) is 0 Å². The number of aryl methyl sites for hydroxylation is 1. The molecule has 0 aliphatic rings. The molecule has 0 atom stereocenters. The zero-order chi connectivity index (χ0) is 7.56. The average Bonchev–Trinajstić information content (AvgIpc) is 2.33. The van der Waals surface area contributed by atoms with Gasteiger partial charge in [-0.15, -0.1) is 5.10 Å². The van der Waals surface area contributed by atoms with E-state index in [-0.39, 0.29) is 34.4 Å². The van der Waals surface area contributed by atoms with E-state index in [0.717, 1.165) is 11.5 Å². The molecule has 0 saturated heterocycles. The molecule has 54 valence electrons. The summed E-state index contributed by atoms with van der Waals surface area (Å²) in [6, 6.07) is 0. The van der Waals surface area contributed by atoms with Crippen molar-refractivity contribution in [2.75, 3.05) is 0 Å². The molecule has 1 heterocycles. The third-order valence-corrected chi connectivity index (χ3v) is 1.82. The molecule has 0 amide bonds. The number of hydrogen-bond acceptors (Lipinski definition) is 5. The SMILES string of the molecule is CCc1nnsc1C(=O)[O-].[Na+]. The van der Waals surface area contributed by atoms with Gasteiger partial charge in [-0.1, -0.05) is 11.4 Å². The molecular formula is C5H5N2NaO2S. The molecule has 0 radical (unpaired) electrons. The van der Waals surface area contributed by atoms with Crippen LogP contribution in [0.4, 0.5) is 0 Å². The van der Waals surface area contributed by atoms with Crippen molar-refractivity contribution in [3.8, 4) is 0 Å². The van der Waals surface area contributed by atoms with Crippen molar-refractivity contribution >= 4 is 17.5 Å². The molecule has 0 N–H and O–H groups in total. The molecule has 1 aromatic heterocycles. The van der Waals surface area contributed by atoms with Crippen LogP contribution in [-0.2, 0) is 6.42 Å². The first-order chi connectivity index (χ1) is 4.75. The van der Waals surface area contributed by atoms with Crippen LogP contribution in [-0.4, -0.2) is 15.6 Å². The minimum absolute atomic E-state index is 0. The van der Waals surface area contributed by atoms with Gasteiger partial charge in [-0.25, -0.2) is 0 Å².